The predicted octanol–water partition coefficient (Wildman–Crippen LogP) is 3.11. The molecule has 21 heavy (non-hydrogen) atoms. The molecule has 1 atom stereocenters. The summed E-state index contributed by atoms with van der Waals surface area (Å²) < 4.78 is 14.4. The van der Waals surface area contributed by atoms with Gasteiger partial charge in [-0.05, 0) is 38.3 Å². The van der Waals surface area contributed by atoms with Crippen LogP contribution in [0.5, 0.6) is 0 Å². The summed E-state index contributed by atoms with van der Waals surface area (Å²) in [6.45, 7) is 2.55. The van der Waals surface area contributed by atoms with Crippen molar-refractivity contribution in [2.75, 3.05) is 11.4 Å². The fourth-order valence-corrected chi connectivity index (χ4v) is 3.90. The number of fused-ring (bicyclic) bond motifs is 2. The summed E-state index contributed by atoms with van der Waals surface area (Å²) in [5.74, 6) is -0.0835. The summed E-state index contributed by atoms with van der Waals surface area (Å²) >= 11 is 0. The van der Waals surface area contributed by atoms with E-state index in [1.54, 1.807) is 11.0 Å². The van der Waals surface area contributed by atoms with Gasteiger partial charge >= 0.3 is 0 Å². The second kappa shape index (κ2) is 5.41. The molecule has 0 aromatic heterocycles. The molecular formula is C17H23FN2O. The minimum absolute atomic E-state index is 0.0176. The Balaban J connectivity index is 1.92. The predicted molar refractivity (Wildman–Crippen MR) is 81.8 cm³/mol. The smallest absolute Gasteiger partial charge is 0.227 e. The topological polar surface area (TPSA) is 46.3 Å². The number of nitrogens with zero attached hydrogens (tertiary/aromatic N) is 1. The highest BCUT2D eigenvalue weighted by Gasteiger charge is 2.47. The first-order valence-corrected chi connectivity index (χ1v) is 7.88. The maximum atomic E-state index is 14.4. The molecule has 1 unspecified atom stereocenters. The number of rotatable bonds is 3. The van der Waals surface area contributed by atoms with E-state index >= 15 is 0 Å². The van der Waals surface area contributed by atoms with Crippen molar-refractivity contribution < 1.29 is 9.18 Å². The molecule has 1 saturated carbocycles. The van der Waals surface area contributed by atoms with Crippen LogP contribution in [-0.2, 0) is 10.2 Å². The van der Waals surface area contributed by atoms with Crippen molar-refractivity contribution in [2.45, 2.75) is 56.9 Å². The quantitative estimate of drug-likeness (QED) is 0.929. The highest BCUT2D eigenvalue weighted by molar-refractivity contribution is 5.96. The van der Waals surface area contributed by atoms with Crippen LogP contribution >= 0.6 is 0 Å². The molecule has 1 aliphatic heterocycles. The van der Waals surface area contributed by atoms with Crippen LogP contribution in [0.1, 0.15) is 51.0 Å². The molecule has 3 nitrogen and oxygen atoms in total. The Bertz CT molecular complexity index is 550. The number of nitrogens with two attached hydrogens (primary N) is 1. The van der Waals surface area contributed by atoms with Gasteiger partial charge in [-0.2, -0.15) is 0 Å². The van der Waals surface area contributed by atoms with Gasteiger partial charge in [-0.25, -0.2) is 4.39 Å². The summed E-state index contributed by atoms with van der Waals surface area (Å²) in [6, 6.07) is 5.13. The van der Waals surface area contributed by atoms with Gasteiger partial charge in [0.05, 0.1) is 5.69 Å². The van der Waals surface area contributed by atoms with Gasteiger partial charge in [0.1, 0.15) is 5.82 Å². The minimum atomic E-state index is -0.156. The number of anilines is 1. The lowest BCUT2D eigenvalue weighted by Crippen LogP contribution is -2.36. The molecule has 1 amide bonds. The van der Waals surface area contributed by atoms with Crippen molar-refractivity contribution in [3.8, 4) is 0 Å². The number of benzene rings is 1. The average molecular weight is 290 g/mol. The van der Waals surface area contributed by atoms with E-state index in [-0.39, 0.29) is 23.2 Å². The van der Waals surface area contributed by atoms with Crippen LogP contribution in [-0.4, -0.2) is 18.5 Å². The molecule has 1 fully saturated rings. The molecule has 2 N–H and O–H groups in total. The van der Waals surface area contributed by atoms with Gasteiger partial charge in [-0.3, -0.25) is 4.79 Å². The molecule has 114 valence electrons. The summed E-state index contributed by atoms with van der Waals surface area (Å²) in [6.07, 6.45) is 5.32. The number of halogens is 1. The zero-order chi connectivity index (χ0) is 15.0. The third-order valence-electron chi connectivity index (χ3n) is 4.95. The Hall–Kier alpha value is -1.42. The Morgan fingerprint density at radius 2 is 2.14 bits per heavy atom. The normalized spacial score (nSPS) is 20.8. The minimum Gasteiger partial charge on any atom is -0.328 e. The molecule has 1 spiro atoms. The van der Waals surface area contributed by atoms with E-state index < -0.39 is 0 Å². The Kier molecular flexibility index (Phi) is 3.74. The lowest BCUT2D eigenvalue weighted by Gasteiger charge is -2.25. The maximum absolute atomic E-state index is 14.4. The van der Waals surface area contributed by atoms with Crippen LogP contribution in [0.2, 0.25) is 0 Å². The SMILES string of the molecule is CC(N)CCC(=O)N1CC2(CCCC2)c2c(F)cccc21. The molecule has 0 saturated heterocycles. The largest absolute Gasteiger partial charge is 0.328 e. The zero-order valence-corrected chi connectivity index (χ0v) is 12.6. The van der Waals surface area contributed by atoms with E-state index in [0.29, 0.717) is 19.4 Å². The number of carbonyl (C=O) groups is 1. The number of amides is 1. The van der Waals surface area contributed by atoms with Crippen molar-refractivity contribution in [3.63, 3.8) is 0 Å². The van der Waals surface area contributed by atoms with Crippen LogP contribution < -0.4 is 10.6 Å². The van der Waals surface area contributed by atoms with Gasteiger partial charge in [0, 0.05) is 30.0 Å². The molecule has 0 bridgehead atoms. The molecule has 1 aromatic carbocycles. The molecule has 4 heteroatoms. The Morgan fingerprint density at radius 1 is 1.43 bits per heavy atom. The second-order valence-corrected chi connectivity index (χ2v) is 6.62. The molecule has 0 radical (unpaired) electrons. The fraction of sp³-hybridized carbons (Fsp3) is 0.588. The monoisotopic (exact) mass is 290 g/mol. The molecule has 1 aliphatic carbocycles. The number of carbonyl (C=O) groups excluding carboxylic acids is 1. The summed E-state index contributed by atoms with van der Waals surface area (Å²) in [7, 11) is 0. The fourth-order valence-electron chi connectivity index (χ4n) is 3.90. The van der Waals surface area contributed by atoms with Gasteiger partial charge in [0.15, 0.2) is 0 Å². The summed E-state index contributed by atoms with van der Waals surface area (Å²) in [4.78, 5) is 14.3. The summed E-state index contributed by atoms with van der Waals surface area (Å²) in [5.41, 5.74) is 7.15. The van der Waals surface area contributed by atoms with Crippen LogP contribution in [0.4, 0.5) is 10.1 Å². The third-order valence-corrected chi connectivity index (χ3v) is 4.95. The highest BCUT2D eigenvalue weighted by Crippen LogP contribution is 2.51. The third kappa shape index (κ3) is 2.46. The first kappa shape index (κ1) is 14.5. The van der Waals surface area contributed by atoms with E-state index in [4.69, 9.17) is 5.73 Å². The van der Waals surface area contributed by atoms with E-state index in [1.807, 2.05) is 13.0 Å². The highest BCUT2D eigenvalue weighted by atomic mass is 19.1. The van der Waals surface area contributed by atoms with Crippen molar-refractivity contribution in [2.24, 2.45) is 5.73 Å². The first-order valence-electron chi connectivity index (χ1n) is 7.88. The van der Waals surface area contributed by atoms with E-state index in [1.165, 1.54) is 6.07 Å². The van der Waals surface area contributed by atoms with Gasteiger partial charge in [0.2, 0.25) is 5.91 Å². The standard InChI is InChI=1S/C17H23FN2O/c1-12(19)7-8-15(21)20-11-17(9-2-3-10-17)16-13(18)5-4-6-14(16)20/h4-6,12H,2-3,7-11,19H2,1H3. The van der Waals surface area contributed by atoms with E-state index in [0.717, 1.165) is 36.9 Å². The number of hydrogen-bond donors (Lipinski definition) is 1. The zero-order valence-electron chi connectivity index (χ0n) is 12.6. The van der Waals surface area contributed by atoms with E-state index in [9.17, 15) is 9.18 Å². The number of hydrogen-bond acceptors (Lipinski definition) is 2. The van der Waals surface area contributed by atoms with Gasteiger partial charge in [0.25, 0.3) is 0 Å². The molecule has 1 heterocycles. The van der Waals surface area contributed by atoms with Crippen molar-refractivity contribution in [1.29, 1.82) is 0 Å². The molecule has 3 rings (SSSR count). The van der Waals surface area contributed by atoms with Crippen LogP contribution in [0, 0.1) is 5.82 Å². The van der Waals surface area contributed by atoms with Crippen LogP contribution in [0.25, 0.3) is 0 Å². The van der Waals surface area contributed by atoms with Crippen molar-refractivity contribution in [1.82, 2.24) is 0 Å². The van der Waals surface area contributed by atoms with Crippen molar-refractivity contribution in [3.05, 3.63) is 29.6 Å². The van der Waals surface area contributed by atoms with Gasteiger partial charge in [-0.1, -0.05) is 18.9 Å². The molecular weight excluding hydrogens is 267 g/mol. The van der Waals surface area contributed by atoms with Crippen LogP contribution in [0.3, 0.4) is 0 Å². The lowest BCUT2D eigenvalue weighted by molar-refractivity contribution is -0.118. The molecule has 2 aliphatic rings. The van der Waals surface area contributed by atoms with Crippen molar-refractivity contribution >= 4 is 11.6 Å². The van der Waals surface area contributed by atoms with E-state index in [2.05, 4.69) is 0 Å². The van der Waals surface area contributed by atoms with Gasteiger partial charge in [-0.15, -0.1) is 0 Å². The Morgan fingerprint density at radius 3 is 2.81 bits per heavy atom. The lowest BCUT2D eigenvalue weighted by atomic mass is 9.80. The maximum Gasteiger partial charge on any atom is 0.227 e. The second-order valence-electron chi connectivity index (χ2n) is 6.62. The van der Waals surface area contributed by atoms with Gasteiger partial charge < -0.3 is 10.6 Å². The van der Waals surface area contributed by atoms with Crippen LogP contribution in [0.15, 0.2) is 18.2 Å². The molecule has 1 aromatic rings. The Labute approximate surface area is 125 Å². The first-order chi connectivity index (χ1) is 10.0. The average Bonchev–Trinajstić information content (AvgIpc) is 3.04. The summed E-state index contributed by atoms with van der Waals surface area (Å²) in [5, 5.41) is 0.